The maximum Gasteiger partial charge on any atom is 0.119 e. The molecule has 0 heterocycles. The molecule has 0 aliphatic rings. The molecule has 2 N–H and O–H groups in total. The molecule has 0 spiro atoms. The second kappa shape index (κ2) is 6.31. The molecule has 2 rings (SSSR count). The van der Waals surface area contributed by atoms with Gasteiger partial charge in [0.05, 0.1) is 6.61 Å². The molecular weight excluding hydrogens is 246 g/mol. The Hall–Kier alpha value is -1.67. The zero-order chi connectivity index (χ0) is 12.8. The molecule has 0 aromatic heterocycles. The molecule has 0 aliphatic heterocycles. The monoisotopic (exact) mass is 261 g/mol. The number of ether oxygens (including phenoxy) is 1. The summed E-state index contributed by atoms with van der Waals surface area (Å²) in [4.78, 5) is 0. The highest BCUT2D eigenvalue weighted by Crippen LogP contribution is 2.16. The van der Waals surface area contributed by atoms with E-state index in [1.54, 1.807) is 0 Å². The average Bonchev–Trinajstić information content (AvgIpc) is 2.39. The Labute approximate surface area is 112 Å². The van der Waals surface area contributed by atoms with E-state index < -0.39 is 0 Å². The molecule has 3 heteroatoms. The van der Waals surface area contributed by atoms with E-state index in [-0.39, 0.29) is 0 Å². The van der Waals surface area contributed by atoms with Crippen LogP contribution in [0.2, 0.25) is 5.02 Å². The van der Waals surface area contributed by atoms with Crippen molar-refractivity contribution in [1.29, 1.82) is 0 Å². The second-order valence-corrected chi connectivity index (χ2v) is 4.58. The molecule has 0 fully saturated rings. The van der Waals surface area contributed by atoms with E-state index in [2.05, 4.69) is 12.1 Å². The Morgan fingerprint density at radius 1 is 0.944 bits per heavy atom. The Kier molecular flexibility index (Phi) is 4.48. The van der Waals surface area contributed by atoms with Crippen molar-refractivity contribution in [2.75, 3.05) is 12.3 Å². The standard InChI is InChI=1S/C15H16ClNO/c16-13-5-9-15(10-6-13)18-11-1-2-12-3-7-14(17)8-4-12/h3-10H,1-2,11,17H2. The highest BCUT2D eigenvalue weighted by molar-refractivity contribution is 6.30. The van der Waals surface area contributed by atoms with Crippen molar-refractivity contribution in [3.63, 3.8) is 0 Å². The van der Waals surface area contributed by atoms with Crippen molar-refractivity contribution < 1.29 is 4.74 Å². The minimum atomic E-state index is 0.700. The predicted molar refractivity (Wildman–Crippen MR) is 76.1 cm³/mol. The maximum absolute atomic E-state index is 5.80. The van der Waals surface area contributed by atoms with Gasteiger partial charge in [-0.25, -0.2) is 0 Å². The van der Waals surface area contributed by atoms with Crippen molar-refractivity contribution >= 4 is 17.3 Å². The van der Waals surface area contributed by atoms with Crippen LogP contribution in [-0.2, 0) is 6.42 Å². The fraction of sp³-hybridized carbons (Fsp3) is 0.200. The lowest BCUT2D eigenvalue weighted by Crippen LogP contribution is -1.99. The van der Waals surface area contributed by atoms with Crippen LogP contribution in [0.3, 0.4) is 0 Å². The molecule has 0 saturated carbocycles. The third-order valence-corrected chi connectivity index (χ3v) is 2.92. The summed E-state index contributed by atoms with van der Waals surface area (Å²) in [6, 6.07) is 15.4. The van der Waals surface area contributed by atoms with Gasteiger partial charge >= 0.3 is 0 Å². The van der Waals surface area contributed by atoms with Gasteiger partial charge in [-0.3, -0.25) is 0 Å². The van der Waals surface area contributed by atoms with Crippen LogP contribution >= 0.6 is 11.6 Å². The number of hydrogen-bond acceptors (Lipinski definition) is 2. The highest BCUT2D eigenvalue weighted by atomic mass is 35.5. The molecule has 0 bridgehead atoms. The van der Waals surface area contributed by atoms with Gasteiger partial charge in [-0.2, -0.15) is 0 Å². The van der Waals surface area contributed by atoms with E-state index in [9.17, 15) is 0 Å². The van der Waals surface area contributed by atoms with Crippen molar-refractivity contribution in [2.45, 2.75) is 12.8 Å². The second-order valence-electron chi connectivity index (χ2n) is 4.15. The molecule has 18 heavy (non-hydrogen) atoms. The van der Waals surface area contributed by atoms with Crippen LogP contribution < -0.4 is 10.5 Å². The van der Waals surface area contributed by atoms with E-state index in [1.165, 1.54) is 5.56 Å². The molecule has 0 saturated heterocycles. The minimum absolute atomic E-state index is 0.700. The van der Waals surface area contributed by atoms with Crippen molar-refractivity contribution in [1.82, 2.24) is 0 Å². The topological polar surface area (TPSA) is 35.2 Å². The van der Waals surface area contributed by atoms with Gasteiger partial charge in [0.1, 0.15) is 5.75 Å². The summed E-state index contributed by atoms with van der Waals surface area (Å²) in [7, 11) is 0. The summed E-state index contributed by atoms with van der Waals surface area (Å²) in [6.07, 6.45) is 1.97. The van der Waals surface area contributed by atoms with E-state index in [0.29, 0.717) is 6.61 Å². The fourth-order valence-electron chi connectivity index (χ4n) is 1.68. The zero-order valence-electron chi connectivity index (χ0n) is 10.1. The Morgan fingerprint density at radius 3 is 2.28 bits per heavy atom. The molecule has 2 aromatic rings. The summed E-state index contributed by atoms with van der Waals surface area (Å²) in [5.74, 6) is 0.858. The number of nitrogens with two attached hydrogens (primary N) is 1. The molecule has 0 unspecified atom stereocenters. The van der Waals surface area contributed by atoms with Crippen molar-refractivity contribution in [2.24, 2.45) is 0 Å². The van der Waals surface area contributed by atoms with Crippen LogP contribution in [0.1, 0.15) is 12.0 Å². The number of aryl methyl sites for hydroxylation is 1. The largest absolute Gasteiger partial charge is 0.494 e. The number of anilines is 1. The SMILES string of the molecule is Nc1ccc(CCCOc2ccc(Cl)cc2)cc1. The van der Waals surface area contributed by atoms with Crippen LogP contribution in [0.5, 0.6) is 5.75 Å². The van der Waals surface area contributed by atoms with Crippen LogP contribution in [0.4, 0.5) is 5.69 Å². The van der Waals surface area contributed by atoms with E-state index in [0.717, 1.165) is 29.3 Å². The smallest absolute Gasteiger partial charge is 0.119 e. The number of halogens is 1. The van der Waals surface area contributed by atoms with Crippen LogP contribution in [0, 0.1) is 0 Å². The number of rotatable bonds is 5. The normalized spacial score (nSPS) is 10.3. The van der Waals surface area contributed by atoms with Gasteiger partial charge in [0.25, 0.3) is 0 Å². The molecule has 2 aromatic carbocycles. The lowest BCUT2D eigenvalue weighted by molar-refractivity contribution is 0.311. The Bertz CT molecular complexity index is 431. The zero-order valence-corrected chi connectivity index (χ0v) is 10.9. The van der Waals surface area contributed by atoms with Crippen LogP contribution in [0.25, 0.3) is 0 Å². The number of benzene rings is 2. The van der Waals surface area contributed by atoms with Gasteiger partial charge in [0.15, 0.2) is 0 Å². The molecule has 0 amide bonds. The average molecular weight is 262 g/mol. The van der Waals surface area contributed by atoms with Gasteiger partial charge in [-0.1, -0.05) is 23.7 Å². The molecule has 2 nitrogen and oxygen atoms in total. The molecule has 0 radical (unpaired) electrons. The molecule has 94 valence electrons. The maximum atomic E-state index is 5.80. The summed E-state index contributed by atoms with van der Waals surface area (Å²) >= 11 is 5.80. The highest BCUT2D eigenvalue weighted by Gasteiger charge is 1.96. The fourth-order valence-corrected chi connectivity index (χ4v) is 1.81. The van der Waals surface area contributed by atoms with Crippen LogP contribution in [0.15, 0.2) is 48.5 Å². The van der Waals surface area contributed by atoms with E-state index >= 15 is 0 Å². The summed E-state index contributed by atoms with van der Waals surface area (Å²) < 4.78 is 5.62. The van der Waals surface area contributed by atoms with Gasteiger partial charge in [-0.15, -0.1) is 0 Å². The van der Waals surface area contributed by atoms with Gasteiger partial charge < -0.3 is 10.5 Å². The number of nitrogen functional groups attached to an aromatic ring is 1. The van der Waals surface area contributed by atoms with Gasteiger partial charge in [-0.05, 0) is 54.8 Å². The minimum Gasteiger partial charge on any atom is -0.494 e. The quantitative estimate of drug-likeness (QED) is 0.654. The summed E-state index contributed by atoms with van der Waals surface area (Å²) in [5, 5.41) is 0.726. The molecular formula is C15H16ClNO. The first kappa shape index (κ1) is 12.8. The Morgan fingerprint density at radius 2 is 1.61 bits per heavy atom. The lowest BCUT2D eigenvalue weighted by atomic mass is 10.1. The first-order valence-electron chi connectivity index (χ1n) is 5.97. The van der Waals surface area contributed by atoms with E-state index in [1.807, 2.05) is 36.4 Å². The first-order valence-corrected chi connectivity index (χ1v) is 6.34. The van der Waals surface area contributed by atoms with Crippen LogP contribution in [-0.4, -0.2) is 6.61 Å². The van der Waals surface area contributed by atoms with Gasteiger partial charge in [0.2, 0.25) is 0 Å². The van der Waals surface area contributed by atoms with Crippen molar-refractivity contribution in [3.05, 3.63) is 59.1 Å². The number of hydrogen-bond donors (Lipinski definition) is 1. The summed E-state index contributed by atoms with van der Waals surface area (Å²) in [5.41, 5.74) is 7.72. The molecule has 0 aliphatic carbocycles. The third kappa shape index (κ3) is 3.97. The lowest BCUT2D eigenvalue weighted by Gasteiger charge is -2.06. The first-order chi connectivity index (χ1) is 8.74. The van der Waals surface area contributed by atoms with E-state index in [4.69, 9.17) is 22.1 Å². The third-order valence-electron chi connectivity index (χ3n) is 2.67. The summed E-state index contributed by atoms with van der Waals surface area (Å²) in [6.45, 7) is 0.700. The Balaban J connectivity index is 1.73. The predicted octanol–water partition coefficient (Wildman–Crippen LogP) is 3.93. The van der Waals surface area contributed by atoms with Crippen molar-refractivity contribution in [3.8, 4) is 5.75 Å². The molecule has 0 atom stereocenters. The van der Waals surface area contributed by atoms with Gasteiger partial charge in [0, 0.05) is 10.7 Å².